The zero-order valence-electron chi connectivity index (χ0n) is 15.1. The summed E-state index contributed by atoms with van der Waals surface area (Å²) in [4.78, 5) is 16.8. The van der Waals surface area contributed by atoms with Crippen molar-refractivity contribution < 1.29 is 13.2 Å². The molecule has 6 nitrogen and oxygen atoms in total. The van der Waals surface area contributed by atoms with Crippen molar-refractivity contribution in [1.82, 2.24) is 14.9 Å². The molecule has 2 heterocycles. The number of carbonyl (C=O) groups excluding carboxylic acids is 1. The van der Waals surface area contributed by atoms with E-state index >= 15 is 0 Å². The Kier molecular flexibility index (Phi) is 5.43. The van der Waals surface area contributed by atoms with Gasteiger partial charge in [-0.05, 0) is 25.8 Å². The third-order valence-electron chi connectivity index (χ3n) is 4.52. The minimum atomic E-state index is -3.00. The lowest BCUT2D eigenvalue weighted by Gasteiger charge is -2.15. The Labute approximate surface area is 158 Å². The van der Waals surface area contributed by atoms with Crippen molar-refractivity contribution in [3.63, 3.8) is 0 Å². The summed E-state index contributed by atoms with van der Waals surface area (Å²) in [5.74, 6) is 0.0338. The van der Waals surface area contributed by atoms with Gasteiger partial charge in [0.25, 0.3) is 0 Å². The fourth-order valence-corrected chi connectivity index (χ4v) is 5.47. The Balaban J connectivity index is 1.65. The first kappa shape index (κ1) is 19.0. The number of aromatic nitrogens is 2. The Morgan fingerprint density at radius 2 is 2.04 bits per heavy atom. The third kappa shape index (κ3) is 4.29. The molecule has 2 aromatic rings. The van der Waals surface area contributed by atoms with E-state index in [4.69, 9.17) is 0 Å². The van der Waals surface area contributed by atoms with Crippen LogP contribution in [-0.4, -0.2) is 46.7 Å². The summed E-state index contributed by atoms with van der Waals surface area (Å²) in [6.07, 6.45) is 2.30. The first-order valence-corrected chi connectivity index (χ1v) is 11.2. The number of nitrogens with one attached hydrogen (secondary N) is 1. The fraction of sp³-hybridized carbons (Fsp3) is 0.444. The van der Waals surface area contributed by atoms with Gasteiger partial charge in [-0.1, -0.05) is 41.6 Å². The average molecular weight is 394 g/mol. The SMILES string of the molecule is Cc1ccc(-c2cnc(S[C@@H](C)C(=O)N[C@@H]3CCS(=O)(=O)C3)n2C)cc1. The van der Waals surface area contributed by atoms with E-state index in [0.717, 1.165) is 16.4 Å². The Hall–Kier alpha value is -1.80. The molecule has 1 aromatic heterocycles. The van der Waals surface area contributed by atoms with Crippen molar-refractivity contribution in [1.29, 1.82) is 0 Å². The molecule has 1 fully saturated rings. The highest BCUT2D eigenvalue weighted by molar-refractivity contribution is 8.00. The number of hydrogen-bond acceptors (Lipinski definition) is 5. The molecule has 26 heavy (non-hydrogen) atoms. The first-order chi connectivity index (χ1) is 12.2. The second-order valence-electron chi connectivity index (χ2n) is 6.72. The lowest BCUT2D eigenvalue weighted by Crippen LogP contribution is -2.40. The van der Waals surface area contributed by atoms with Crippen LogP contribution in [0.15, 0.2) is 35.6 Å². The highest BCUT2D eigenvalue weighted by Crippen LogP contribution is 2.28. The van der Waals surface area contributed by atoms with Crippen LogP contribution in [0.25, 0.3) is 11.3 Å². The summed E-state index contributed by atoms with van der Waals surface area (Å²) < 4.78 is 25.0. The van der Waals surface area contributed by atoms with E-state index in [2.05, 4.69) is 34.6 Å². The summed E-state index contributed by atoms with van der Waals surface area (Å²) in [6.45, 7) is 3.86. The Morgan fingerprint density at radius 3 is 2.65 bits per heavy atom. The number of amides is 1. The van der Waals surface area contributed by atoms with E-state index in [1.165, 1.54) is 17.3 Å². The number of carbonyl (C=O) groups is 1. The maximum Gasteiger partial charge on any atom is 0.233 e. The van der Waals surface area contributed by atoms with E-state index in [0.29, 0.717) is 6.42 Å². The Morgan fingerprint density at radius 1 is 1.35 bits per heavy atom. The number of nitrogens with zero attached hydrogens (tertiary/aromatic N) is 2. The van der Waals surface area contributed by atoms with Crippen LogP contribution in [0.5, 0.6) is 0 Å². The second kappa shape index (κ2) is 7.44. The van der Waals surface area contributed by atoms with Crippen LogP contribution in [0, 0.1) is 6.92 Å². The van der Waals surface area contributed by atoms with Crippen molar-refractivity contribution in [2.45, 2.75) is 36.7 Å². The molecule has 1 N–H and O–H groups in total. The number of sulfone groups is 1. The number of thioether (sulfide) groups is 1. The van der Waals surface area contributed by atoms with Gasteiger partial charge in [-0.2, -0.15) is 0 Å². The zero-order chi connectivity index (χ0) is 18.9. The van der Waals surface area contributed by atoms with Crippen molar-refractivity contribution in [2.75, 3.05) is 11.5 Å². The molecule has 1 aliphatic rings. The Bertz CT molecular complexity index is 904. The molecule has 1 aromatic carbocycles. The summed E-state index contributed by atoms with van der Waals surface area (Å²) in [7, 11) is -1.07. The molecule has 1 aliphatic heterocycles. The molecule has 0 unspecified atom stereocenters. The van der Waals surface area contributed by atoms with Gasteiger partial charge in [-0.25, -0.2) is 13.4 Å². The lowest BCUT2D eigenvalue weighted by atomic mass is 10.1. The maximum absolute atomic E-state index is 12.4. The molecular formula is C18H23N3O3S2. The average Bonchev–Trinajstić information content (AvgIpc) is 3.11. The van der Waals surface area contributed by atoms with Crippen molar-refractivity contribution >= 4 is 27.5 Å². The van der Waals surface area contributed by atoms with Crippen molar-refractivity contribution in [2.24, 2.45) is 7.05 Å². The highest BCUT2D eigenvalue weighted by Gasteiger charge is 2.30. The molecular weight excluding hydrogens is 370 g/mol. The van der Waals surface area contributed by atoms with E-state index in [1.54, 1.807) is 6.20 Å². The molecule has 0 spiro atoms. The predicted octanol–water partition coefficient (Wildman–Crippen LogP) is 2.18. The number of rotatable bonds is 5. The molecule has 1 amide bonds. The van der Waals surface area contributed by atoms with E-state index in [-0.39, 0.29) is 28.7 Å². The molecule has 0 bridgehead atoms. The van der Waals surface area contributed by atoms with E-state index in [9.17, 15) is 13.2 Å². The van der Waals surface area contributed by atoms with Gasteiger partial charge in [-0.3, -0.25) is 4.79 Å². The standard InChI is InChI=1S/C18H23N3O3S2/c1-12-4-6-14(7-5-12)16-10-19-18(21(16)3)25-13(2)17(22)20-15-8-9-26(23,24)11-15/h4-7,10,13,15H,8-9,11H2,1-3H3,(H,20,22)/t13-,15+/m0/s1. The minimum Gasteiger partial charge on any atom is -0.351 e. The number of imidazole rings is 1. The third-order valence-corrected chi connectivity index (χ3v) is 7.45. The maximum atomic E-state index is 12.4. The number of aryl methyl sites for hydroxylation is 1. The fourth-order valence-electron chi connectivity index (χ4n) is 2.93. The van der Waals surface area contributed by atoms with Crippen LogP contribution in [0.4, 0.5) is 0 Å². The molecule has 1 saturated heterocycles. The predicted molar refractivity (Wildman–Crippen MR) is 104 cm³/mol. The molecule has 0 radical (unpaired) electrons. The van der Waals surface area contributed by atoms with Crippen molar-refractivity contribution in [3.05, 3.63) is 36.0 Å². The summed E-state index contributed by atoms with van der Waals surface area (Å²) in [5, 5.41) is 3.24. The topological polar surface area (TPSA) is 81.1 Å². The van der Waals surface area contributed by atoms with Gasteiger partial charge in [0, 0.05) is 13.1 Å². The van der Waals surface area contributed by atoms with Crippen LogP contribution >= 0.6 is 11.8 Å². The van der Waals surface area contributed by atoms with E-state index in [1.807, 2.05) is 25.5 Å². The minimum absolute atomic E-state index is 0.0378. The number of hydrogen-bond donors (Lipinski definition) is 1. The summed E-state index contributed by atoms with van der Waals surface area (Å²) in [6, 6.07) is 7.94. The largest absolute Gasteiger partial charge is 0.351 e. The first-order valence-electron chi connectivity index (χ1n) is 8.51. The number of benzene rings is 1. The lowest BCUT2D eigenvalue weighted by molar-refractivity contribution is -0.120. The smallest absolute Gasteiger partial charge is 0.233 e. The van der Waals surface area contributed by atoms with E-state index < -0.39 is 9.84 Å². The van der Waals surface area contributed by atoms with Crippen molar-refractivity contribution in [3.8, 4) is 11.3 Å². The monoisotopic (exact) mass is 393 g/mol. The van der Waals surface area contributed by atoms with Gasteiger partial charge < -0.3 is 9.88 Å². The second-order valence-corrected chi connectivity index (χ2v) is 10.3. The summed E-state index contributed by atoms with van der Waals surface area (Å²) in [5.41, 5.74) is 3.26. The molecule has 0 aliphatic carbocycles. The van der Waals surface area contributed by atoms with Crippen LogP contribution < -0.4 is 5.32 Å². The van der Waals surface area contributed by atoms with Gasteiger partial charge in [0.1, 0.15) is 0 Å². The highest BCUT2D eigenvalue weighted by atomic mass is 32.2. The quantitative estimate of drug-likeness (QED) is 0.788. The molecule has 140 valence electrons. The van der Waals surface area contributed by atoms with Crippen LogP contribution in [0.1, 0.15) is 18.9 Å². The summed E-state index contributed by atoms with van der Waals surface area (Å²) >= 11 is 1.37. The van der Waals surface area contributed by atoms with Gasteiger partial charge in [0.05, 0.1) is 28.6 Å². The van der Waals surface area contributed by atoms with Crippen LogP contribution in [0.3, 0.4) is 0 Å². The molecule has 8 heteroatoms. The van der Waals surface area contributed by atoms with Gasteiger partial charge in [-0.15, -0.1) is 0 Å². The zero-order valence-corrected chi connectivity index (χ0v) is 16.7. The van der Waals surface area contributed by atoms with Crippen LogP contribution in [0.2, 0.25) is 0 Å². The van der Waals surface area contributed by atoms with Gasteiger partial charge >= 0.3 is 0 Å². The van der Waals surface area contributed by atoms with Gasteiger partial charge in [0.2, 0.25) is 5.91 Å². The molecule has 2 atom stereocenters. The molecule has 3 rings (SSSR count). The van der Waals surface area contributed by atoms with Gasteiger partial charge in [0.15, 0.2) is 15.0 Å². The van der Waals surface area contributed by atoms with Crippen LogP contribution in [-0.2, 0) is 21.7 Å². The molecule has 0 saturated carbocycles. The normalized spacial score (nSPS) is 20.0.